The molecule has 0 aliphatic rings. The fraction of sp³-hybridized carbons (Fsp3) is 0.143. The predicted molar refractivity (Wildman–Crippen MR) is 103 cm³/mol. The van der Waals surface area contributed by atoms with Crippen LogP contribution in [0, 0.1) is 11.8 Å². The number of amides is 1. The third-order valence-corrected chi connectivity index (χ3v) is 3.92. The Balaban J connectivity index is 1.40. The molecule has 130 valence electrons. The van der Waals surface area contributed by atoms with Crippen molar-refractivity contribution in [1.29, 1.82) is 0 Å². The van der Waals surface area contributed by atoms with Gasteiger partial charge in [-0.25, -0.2) is 0 Å². The molecule has 1 amide bonds. The summed E-state index contributed by atoms with van der Waals surface area (Å²) in [7, 11) is 0. The van der Waals surface area contributed by atoms with Gasteiger partial charge in [0.05, 0.1) is 18.5 Å². The van der Waals surface area contributed by atoms with Crippen molar-refractivity contribution in [2.75, 3.05) is 13.2 Å². The van der Waals surface area contributed by atoms with Gasteiger partial charge in [-0.2, -0.15) is 0 Å². The second-order valence-electron chi connectivity index (χ2n) is 5.58. The lowest BCUT2D eigenvalue weighted by molar-refractivity contribution is -0.120. The molecule has 0 bridgehead atoms. The molecule has 0 fully saturated rings. The lowest BCUT2D eigenvalue weighted by Gasteiger charge is -2.03. The number of benzene rings is 2. The molecular weight excluding hydrogens is 348 g/mol. The molecule has 0 aliphatic carbocycles. The molecule has 26 heavy (non-hydrogen) atoms. The Morgan fingerprint density at radius 1 is 1.12 bits per heavy atom. The van der Waals surface area contributed by atoms with E-state index >= 15 is 0 Å². The van der Waals surface area contributed by atoms with E-state index in [0.29, 0.717) is 11.4 Å². The highest BCUT2D eigenvalue weighted by Crippen LogP contribution is 2.18. The Morgan fingerprint density at radius 2 is 1.96 bits per heavy atom. The number of ether oxygens (including phenoxy) is 1. The lowest BCUT2D eigenvalue weighted by Crippen LogP contribution is -2.25. The lowest BCUT2D eigenvalue weighted by atomic mass is 10.1. The SMILES string of the molecule is O=C(Cc1ccc(Cl)cc1)NCC#CCOc1ccc2cccnc2c1. The third-order valence-electron chi connectivity index (χ3n) is 3.67. The number of hydrogen-bond acceptors (Lipinski definition) is 3. The largest absolute Gasteiger partial charge is 0.481 e. The highest BCUT2D eigenvalue weighted by Gasteiger charge is 2.01. The van der Waals surface area contributed by atoms with E-state index in [-0.39, 0.29) is 19.1 Å². The third kappa shape index (κ3) is 5.23. The molecule has 4 nitrogen and oxygen atoms in total. The van der Waals surface area contributed by atoms with Gasteiger partial charge in [0.25, 0.3) is 0 Å². The normalized spacial score (nSPS) is 10.0. The first-order valence-corrected chi connectivity index (χ1v) is 8.53. The monoisotopic (exact) mass is 364 g/mol. The van der Waals surface area contributed by atoms with Gasteiger partial charge in [-0.05, 0) is 35.9 Å². The van der Waals surface area contributed by atoms with Crippen LogP contribution in [0.2, 0.25) is 5.02 Å². The van der Waals surface area contributed by atoms with Crippen LogP contribution in [0.4, 0.5) is 0 Å². The average molecular weight is 365 g/mol. The van der Waals surface area contributed by atoms with Crippen molar-refractivity contribution in [2.24, 2.45) is 0 Å². The number of hydrogen-bond donors (Lipinski definition) is 1. The summed E-state index contributed by atoms with van der Waals surface area (Å²) in [6, 6.07) is 16.8. The smallest absolute Gasteiger partial charge is 0.225 e. The summed E-state index contributed by atoms with van der Waals surface area (Å²) in [6.45, 7) is 0.542. The Hall–Kier alpha value is -3.03. The van der Waals surface area contributed by atoms with Crippen molar-refractivity contribution < 1.29 is 9.53 Å². The van der Waals surface area contributed by atoms with Gasteiger partial charge in [0.2, 0.25) is 5.91 Å². The molecule has 1 aromatic heterocycles. The number of aromatic nitrogens is 1. The summed E-state index contributed by atoms with van der Waals surface area (Å²) in [4.78, 5) is 16.1. The highest BCUT2D eigenvalue weighted by molar-refractivity contribution is 6.30. The maximum Gasteiger partial charge on any atom is 0.225 e. The number of carbonyl (C=O) groups excluding carboxylic acids is 1. The van der Waals surface area contributed by atoms with E-state index in [1.54, 1.807) is 18.3 Å². The molecule has 1 heterocycles. The zero-order valence-electron chi connectivity index (χ0n) is 14.0. The number of nitrogens with one attached hydrogen (secondary N) is 1. The van der Waals surface area contributed by atoms with Crippen LogP contribution in [-0.2, 0) is 11.2 Å². The van der Waals surface area contributed by atoms with Gasteiger partial charge in [-0.3, -0.25) is 9.78 Å². The molecule has 2 aromatic carbocycles. The molecule has 0 saturated heterocycles. The molecule has 1 N–H and O–H groups in total. The van der Waals surface area contributed by atoms with Crippen LogP contribution in [0.3, 0.4) is 0 Å². The molecule has 3 aromatic rings. The molecule has 0 spiro atoms. The van der Waals surface area contributed by atoms with Crippen LogP contribution < -0.4 is 10.1 Å². The first kappa shape index (κ1) is 17.8. The van der Waals surface area contributed by atoms with Gasteiger partial charge in [-0.15, -0.1) is 0 Å². The second kappa shape index (κ2) is 8.89. The van der Waals surface area contributed by atoms with Crippen LogP contribution in [0.1, 0.15) is 5.56 Å². The molecule has 0 aliphatic heterocycles. The number of fused-ring (bicyclic) bond motifs is 1. The van der Waals surface area contributed by atoms with E-state index in [4.69, 9.17) is 16.3 Å². The van der Waals surface area contributed by atoms with Gasteiger partial charge in [0.1, 0.15) is 12.4 Å². The van der Waals surface area contributed by atoms with Crippen molar-refractivity contribution in [3.63, 3.8) is 0 Å². The summed E-state index contributed by atoms with van der Waals surface area (Å²) in [5, 5.41) is 4.48. The van der Waals surface area contributed by atoms with Crippen LogP contribution in [0.15, 0.2) is 60.8 Å². The number of halogens is 1. The van der Waals surface area contributed by atoms with Gasteiger partial charge in [0.15, 0.2) is 0 Å². The fourth-order valence-corrected chi connectivity index (χ4v) is 2.49. The van der Waals surface area contributed by atoms with Crippen LogP contribution in [0.25, 0.3) is 10.9 Å². The first-order chi connectivity index (χ1) is 12.7. The van der Waals surface area contributed by atoms with Crippen molar-refractivity contribution in [3.8, 4) is 17.6 Å². The molecule has 0 atom stereocenters. The van der Waals surface area contributed by atoms with E-state index in [1.807, 2.05) is 42.5 Å². The molecule has 0 saturated carbocycles. The van der Waals surface area contributed by atoms with E-state index in [2.05, 4.69) is 22.1 Å². The fourth-order valence-electron chi connectivity index (χ4n) is 2.36. The van der Waals surface area contributed by atoms with Gasteiger partial charge < -0.3 is 10.1 Å². The maximum atomic E-state index is 11.8. The summed E-state index contributed by atoms with van der Waals surface area (Å²) >= 11 is 5.82. The minimum absolute atomic E-state index is 0.0804. The average Bonchev–Trinajstić information content (AvgIpc) is 2.66. The van der Waals surface area contributed by atoms with Crippen molar-refractivity contribution >= 4 is 28.4 Å². The Morgan fingerprint density at radius 3 is 2.81 bits per heavy atom. The molecule has 0 radical (unpaired) electrons. The summed E-state index contributed by atoms with van der Waals surface area (Å²) in [5.41, 5.74) is 1.79. The highest BCUT2D eigenvalue weighted by atomic mass is 35.5. The Labute approximate surface area is 157 Å². The summed E-state index contributed by atoms with van der Waals surface area (Å²) in [6.07, 6.45) is 2.05. The van der Waals surface area contributed by atoms with Crippen molar-refractivity contribution in [1.82, 2.24) is 10.3 Å². The number of pyridine rings is 1. The van der Waals surface area contributed by atoms with Crippen LogP contribution >= 0.6 is 11.6 Å². The summed E-state index contributed by atoms with van der Waals surface area (Å²) in [5.74, 6) is 6.40. The second-order valence-corrected chi connectivity index (χ2v) is 6.02. The maximum absolute atomic E-state index is 11.8. The van der Waals surface area contributed by atoms with E-state index in [0.717, 1.165) is 22.2 Å². The summed E-state index contributed by atoms with van der Waals surface area (Å²) < 4.78 is 5.59. The van der Waals surface area contributed by atoms with Gasteiger partial charge in [-0.1, -0.05) is 41.6 Å². The van der Waals surface area contributed by atoms with Crippen molar-refractivity contribution in [3.05, 3.63) is 71.4 Å². The molecular formula is C21H17ClN2O2. The standard InChI is InChI=1S/C21H17ClN2O2/c22-18-8-5-16(6-9-18)14-21(25)24-11-1-2-13-26-19-10-7-17-4-3-12-23-20(17)15-19/h3-10,12,15H,11,13-14H2,(H,24,25). The number of carbonyl (C=O) groups is 1. The van der Waals surface area contributed by atoms with E-state index in [1.165, 1.54) is 0 Å². The van der Waals surface area contributed by atoms with Crippen LogP contribution in [0.5, 0.6) is 5.75 Å². The molecule has 0 unspecified atom stereocenters. The van der Waals surface area contributed by atoms with E-state index in [9.17, 15) is 4.79 Å². The zero-order valence-corrected chi connectivity index (χ0v) is 14.8. The Kier molecular flexibility index (Phi) is 6.08. The minimum Gasteiger partial charge on any atom is -0.481 e. The Bertz CT molecular complexity index is 959. The van der Waals surface area contributed by atoms with Gasteiger partial charge in [0, 0.05) is 22.7 Å². The topological polar surface area (TPSA) is 51.2 Å². The van der Waals surface area contributed by atoms with E-state index < -0.39 is 0 Å². The quantitative estimate of drug-likeness (QED) is 0.703. The predicted octanol–water partition coefficient (Wildman–Crippen LogP) is 3.63. The molecule has 5 heteroatoms. The first-order valence-electron chi connectivity index (χ1n) is 8.15. The van der Waals surface area contributed by atoms with Gasteiger partial charge >= 0.3 is 0 Å². The minimum atomic E-state index is -0.0804. The zero-order chi connectivity index (χ0) is 18.2. The van der Waals surface area contributed by atoms with Crippen LogP contribution in [-0.4, -0.2) is 24.0 Å². The number of nitrogens with zero attached hydrogens (tertiary/aromatic N) is 1. The number of rotatable bonds is 5. The van der Waals surface area contributed by atoms with Crippen molar-refractivity contribution in [2.45, 2.75) is 6.42 Å². The molecule has 3 rings (SSSR count).